The largest absolute Gasteiger partial charge is 0.458 e. The highest BCUT2D eigenvalue weighted by atomic mass is 16.6. The lowest BCUT2D eigenvalue weighted by atomic mass is 9.85. The van der Waals surface area contributed by atoms with Gasteiger partial charge in [0.25, 0.3) is 0 Å². The van der Waals surface area contributed by atoms with Gasteiger partial charge in [-0.3, -0.25) is 0 Å². The van der Waals surface area contributed by atoms with Crippen LogP contribution in [0.25, 0.3) is 0 Å². The third-order valence-electron chi connectivity index (χ3n) is 4.66. The Hall–Kier alpha value is -2.14. The van der Waals surface area contributed by atoms with Crippen molar-refractivity contribution in [3.63, 3.8) is 0 Å². The van der Waals surface area contributed by atoms with Crippen LogP contribution in [0.4, 0.5) is 0 Å². The van der Waals surface area contributed by atoms with Gasteiger partial charge in [0.1, 0.15) is 12.2 Å². The molecule has 0 aromatic carbocycles. The van der Waals surface area contributed by atoms with Crippen LogP contribution in [0.15, 0.2) is 47.1 Å². The van der Waals surface area contributed by atoms with E-state index in [-0.39, 0.29) is 0 Å². The van der Waals surface area contributed by atoms with Gasteiger partial charge >= 0.3 is 11.9 Å². The molecule has 0 amide bonds. The zero-order chi connectivity index (χ0) is 18.7. The molecule has 1 N–H and O–H groups in total. The van der Waals surface area contributed by atoms with Gasteiger partial charge in [-0.15, -0.1) is 0 Å². The van der Waals surface area contributed by atoms with Crippen molar-refractivity contribution in [2.24, 2.45) is 5.92 Å². The first kappa shape index (κ1) is 19.2. The van der Waals surface area contributed by atoms with Crippen LogP contribution in [0.2, 0.25) is 0 Å². The Morgan fingerprint density at radius 2 is 1.96 bits per heavy atom. The van der Waals surface area contributed by atoms with Crippen LogP contribution in [0, 0.1) is 5.92 Å². The standard InChI is InChI=1S/C20H26O5/c1-6-13(4)19(22)24-16-9-11(2)7-15(21)8-12(3)10-17-18(16)14(5)20(23)25-17/h6-7,10,15-18,21H,5,8-9H2,1-4H3/b11-7+,12-10+,13-6+/t15-,16-,17+,18-/m0/s1. The van der Waals surface area contributed by atoms with E-state index in [2.05, 4.69) is 6.58 Å². The Labute approximate surface area is 148 Å². The zero-order valence-corrected chi connectivity index (χ0v) is 15.2. The molecule has 1 fully saturated rings. The summed E-state index contributed by atoms with van der Waals surface area (Å²) in [6.45, 7) is 11.1. The van der Waals surface area contributed by atoms with Gasteiger partial charge in [0.2, 0.25) is 0 Å². The molecule has 4 atom stereocenters. The predicted molar refractivity (Wildman–Crippen MR) is 94.6 cm³/mol. The van der Waals surface area contributed by atoms with E-state index in [0.29, 0.717) is 24.0 Å². The second-order valence-electron chi connectivity index (χ2n) is 6.84. The molecule has 1 heterocycles. The average molecular weight is 346 g/mol. The lowest BCUT2D eigenvalue weighted by Crippen LogP contribution is -2.34. The monoisotopic (exact) mass is 346 g/mol. The molecule has 0 bridgehead atoms. The lowest BCUT2D eigenvalue weighted by Gasteiger charge is -2.28. The van der Waals surface area contributed by atoms with Gasteiger partial charge in [-0.05, 0) is 40.2 Å². The number of esters is 2. The third-order valence-corrected chi connectivity index (χ3v) is 4.66. The normalized spacial score (nSPS) is 35.0. The Morgan fingerprint density at radius 3 is 2.60 bits per heavy atom. The van der Waals surface area contributed by atoms with Crippen molar-refractivity contribution in [3.05, 3.63) is 47.1 Å². The first-order valence-electron chi connectivity index (χ1n) is 8.49. The molecule has 1 saturated heterocycles. The fraction of sp³-hybridized carbons (Fsp3) is 0.500. The smallest absolute Gasteiger partial charge is 0.334 e. The van der Waals surface area contributed by atoms with Crippen molar-refractivity contribution in [1.82, 2.24) is 0 Å². The van der Waals surface area contributed by atoms with E-state index in [0.717, 1.165) is 11.1 Å². The second-order valence-corrected chi connectivity index (χ2v) is 6.84. The van der Waals surface area contributed by atoms with E-state index in [9.17, 15) is 14.7 Å². The Bertz CT molecular complexity index is 668. The number of carbonyl (C=O) groups is 2. The number of aliphatic hydroxyl groups excluding tert-OH is 1. The van der Waals surface area contributed by atoms with Crippen LogP contribution in [0.5, 0.6) is 0 Å². The summed E-state index contributed by atoms with van der Waals surface area (Å²) in [5, 5.41) is 10.2. The van der Waals surface area contributed by atoms with E-state index >= 15 is 0 Å². The minimum atomic E-state index is -0.623. The molecular weight excluding hydrogens is 320 g/mol. The van der Waals surface area contributed by atoms with Crippen LogP contribution in [0.1, 0.15) is 40.5 Å². The van der Waals surface area contributed by atoms with E-state index in [1.54, 1.807) is 26.0 Å². The highest BCUT2D eigenvalue weighted by Gasteiger charge is 2.44. The molecule has 1 aliphatic carbocycles. The minimum Gasteiger partial charge on any atom is -0.458 e. The summed E-state index contributed by atoms with van der Waals surface area (Å²) in [6.07, 6.45) is 4.39. The molecule has 5 nitrogen and oxygen atoms in total. The van der Waals surface area contributed by atoms with Crippen LogP contribution in [-0.4, -0.2) is 35.4 Å². The molecule has 5 heteroatoms. The number of aliphatic hydroxyl groups is 1. The molecule has 136 valence electrons. The van der Waals surface area contributed by atoms with Crippen LogP contribution in [0.3, 0.4) is 0 Å². The Kier molecular flexibility index (Phi) is 6.01. The maximum atomic E-state index is 12.3. The van der Waals surface area contributed by atoms with Crippen molar-refractivity contribution < 1.29 is 24.2 Å². The van der Waals surface area contributed by atoms with Crippen molar-refractivity contribution in [1.29, 1.82) is 0 Å². The van der Waals surface area contributed by atoms with Crippen molar-refractivity contribution in [2.75, 3.05) is 0 Å². The molecule has 0 aromatic heterocycles. The molecule has 0 aromatic rings. The van der Waals surface area contributed by atoms with Gasteiger partial charge in [0.05, 0.1) is 12.0 Å². The number of ether oxygens (including phenoxy) is 2. The van der Waals surface area contributed by atoms with Crippen LogP contribution < -0.4 is 0 Å². The van der Waals surface area contributed by atoms with E-state index in [1.807, 2.05) is 19.9 Å². The third kappa shape index (κ3) is 4.48. The molecule has 0 spiro atoms. The average Bonchev–Trinajstić information content (AvgIpc) is 2.78. The van der Waals surface area contributed by atoms with Gasteiger partial charge in [-0.1, -0.05) is 29.9 Å². The van der Waals surface area contributed by atoms with Crippen molar-refractivity contribution in [2.45, 2.75) is 58.8 Å². The number of rotatable bonds is 2. The fourth-order valence-corrected chi connectivity index (χ4v) is 3.22. The van der Waals surface area contributed by atoms with Crippen LogP contribution >= 0.6 is 0 Å². The molecule has 0 unspecified atom stereocenters. The number of fused-ring (bicyclic) bond motifs is 1. The number of allylic oxidation sites excluding steroid dienone is 1. The summed E-state index contributed by atoms with van der Waals surface area (Å²) in [4.78, 5) is 24.3. The highest BCUT2D eigenvalue weighted by Crippen LogP contribution is 2.36. The first-order valence-corrected chi connectivity index (χ1v) is 8.49. The topological polar surface area (TPSA) is 72.8 Å². The maximum Gasteiger partial charge on any atom is 0.334 e. The van der Waals surface area contributed by atoms with Gasteiger partial charge in [0.15, 0.2) is 0 Å². The predicted octanol–water partition coefficient (Wildman–Crippen LogP) is 3.01. The summed E-state index contributed by atoms with van der Waals surface area (Å²) < 4.78 is 11.1. The number of hydrogen-bond donors (Lipinski definition) is 1. The lowest BCUT2D eigenvalue weighted by molar-refractivity contribution is -0.147. The quantitative estimate of drug-likeness (QED) is 0.473. The molecule has 0 radical (unpaired) electrons. The minimum absolute atomic E-state index is 0.318. The molecule has 2 aliphatic rings. The second kappa shape index (κ2) is 7.83. The molecule has 0 saturated carbocycles. The van der Waals surface area contributed by atoms with Gasteiger partial charge in [-0.2, -0.15) is 0 Å². The summed E-state index contributed by atoms with van der Waals surface area (Å²) in [5.74, 6) is -1.33. The van der Waals surface area contributed by atoms with E-state index in [1.165, 1.54) is 0 Å². The molecular formula is C20H26O5. The molecule has 1 aliphatic heterocycles. The summed E-state index contributed by atoms with van der Waals surface area (Å²) in [7, 11) is 0. The SMILES string of the molecule is C=C1C(=O)O[C@@H]2/C=C(\C)C[C@@H](O)/C=C(\C)C[C@H](OC(=O)/C(C)=C/C)[C@H]12. The van der Waals surface area contributed by atoms with Crippen molar-refractivity contribution >= 4 is 11.9 Å². The molecule has 2 rings (SSSR count). The fourth-order valence-electron chi connectivity index (χ4n) is 3.22. The Morgan fingerprint density at radius 1 is 1.32 bits per heavy atom. The Balaban J connectivity index is 2.42. The summed E-state index contributed by atoms with van der Waals surface area (Å²) >= 11 is 0. The van der Waals surface area contributed by atoms with Crippen molar-refractivity contribution in [3.8, 4) is 0 Å². The summed E-state index contributed by atoms with van der Waals surface area (Å²) in [6, 6.07) is 0. The first-order chi connectivity index (χ1) is 11.7. The van der Waals surface area contributed by atoms with Gasteiger partial charge < -0.3 is 14.6 Å². The van der Waals surface area contributed by atoms with E-state index in [4.69, 9.17) is 9.47 Å². The van der Waals surface area contributed by atoms with Gasteiger partial charge in [-0.25, -0.2) is 9.59 Å². The number of hydrogen-bond acceptors (Lipinski definition) is 5. The molecule has 25 heavy (non-hydrogen) atoms. The van der Waals surface area contributed by atoms with Crippen LogP contribution in [-0.2, 0) is 19.1 Å². The van der Waals surface area contributed by atoms with Gasteiger partial charge in [0, 0.05) is 17.6 Å². The maximum absolute atomic E-state index is 12.3. The summed E-state index contributed by atoms with van der Waals surface area (Å²) in [5.41, 5.74) is 2.62. The highest BCUT2D eigenvalue weighted by molar-refractivity contribution is 5.92. The zero-order valence-electron chi connectivity index (χ0n) is 15.2. The number of carbonyl (C=O) groups excluding carboxylic acids is 2. The van der Waals surface area contributed by atoms with E-state index < -0.39 is 36.2 Å².